The van der Waals surface area contributed by atoms with Crippen molar-refractivity contribution in [1.82, 2.24) is 9.88 Å². The summed E-state index contributed by atoms with van der Waals surface area (Å²) in [6.07, 6.45) is 3.25. The van der Waals surface area contributed by atoms with Gasteiger partial charge in [0.1, 0.15) is 0 Å². The third-order valence-electron chi connectivity index (χ3n) is 3.15. The van der Waals surface area contributed by atoms with Gasteiger partial charge in [-0.15, -0.1) is 23.7 Å². The molecule has 0 unspecified atom stereocenters. The van der Waals surface area contributed by atoms with Gasteiger partial charge in [0.15, 0.2) is 10.4 Å². The van der Waals surface area contributed by atoms with Gasteiger partial charge in [-0.25, -0.2) is 0 Å². The fourth-order valence-electron chi connectivity index (χ4n) is 1.96. The van der Waals surface area contributed by atoms with Crippen molar-refractivity contribution in [3.05, 3.63) is 16.4 Å². The summed E-state index contributed by atoms with van der Waals surface area (Å²) in [6.45, 7) is 1.59. The molecule has 18 heavy (non-hydrogen) atoms. The number of hydrogen-bond acceptors (Lipinski definition) is 4. The smallest absolute Gasteiger partial charge is 0.280 e. The van der Waals surface area contributed by atoms with Crippen LogP contribution in [0, 0.1) is 0 Å². The largest absolute Gasteiger partial charge is 0.368 e. The monoisotopic (exact) mass is 291 g/mol. The molecule has 0 spiro atoms. The second-order valence-electron chi connectivity index (χ2n) is 4.16. The Kier molecular flexibility index (Phi) is 5.52. The summed E-state index contributed by atoms with van der Waals surface area (Å²) in [7, 11) is 3.47. The predicted molar refractivity (Wildman–Crippen MR) is 73.0 cm³/mol. The van der Waals surface area contributed by atoms with E-state index in [1.807, 2.05) is 23.2 Å². The Labute approximate surface area is 116 Å². The van der Waals surface area contributed by atoms with Crippen molar-refractivity contribution in [2.45, 2.75) is 18.4 Å². The summed E-state index contributed by atoms with van der Waals surface area (Å²) < 4.78 is 7.28. The van der Waals surface area contributed by atoms with Gasteiger partial charge in [0.2, 0.25) is 0 Å². The third-order valence-corrected chi connectivity index (χ3v) is 4.00. The van der Waals surface area contributed by atoms with Crippen LogP contribution in [-0.2, 0) is 16.6 Å². The molecule has 0 atom stereocenters. The lowest BCUT2D eigenvalue weighted by Gasteiger charge is -2.32. The maximum absolute atomic E-state index is 12.2. The van der Waals surface area contributed by atoms with Gasteiger partial charge in [0.05, 0.1) is 0 Å². The summed E-state index contributed by atoms with van der Waals surface area (Å²) >= 11 is 1.46. The van der Waals surface area contributed by atoms with Crippen molar-refractivity contribution < 1.29 is 9.53 Å². The van der Waals surface area contributed by atoms with Gasteiger partial charge in [-0.1, -0.05) is 0 Å². The topological polar surface area (TPSA) is 55.6 Å². The standard InChI is InChI=1S/C11H17N3O2S.ClH/c1-14-7-8-17-10(14)13-9(15)11(16-2)3-5-12-6-4-11;/h7-8,12H,3-6H2,1-2H3;1H. The van der Waals surface area contributed by atoms with Gasteiger partial charge >= 0.3 is 0 Å². The Hall–Kier alpha value is -0.690. The molecule has 1 fully saturated rings. The third kappa shape index (κ3) is 3.00. The van der Waals surface area contributed by atoms with Crippen molar-refractivity contribution in [3.63, 3.8) is 0 Å². The van der Waals surface area contributed by atoms with Crippen LogP contribution >= 0.6 is 23.7 Å². The first-order valence-electron chi connectivity index (χ1n) is 5.63. The number of carbonyl (C=O) groups is 1. The average molecular weight is 292 g/mol. The van der Waals surface area contributed by atoms with Crippen LogP contribution in [0.2, 0.25) is 0 Å². The van der Waals surface area contributed by atoms with Crippen LogP contribution in [0.5, 0.6) is 0 Å². The van der Waals surface area contributed by atoms with Crippen LogP contribution < -0.4 is 10.1 Å². The molecule has 5 nitrogen and oxygen atoms in total. The number of nitrogens with one attached hydrogen (secondary N) is 1. The number of nitrogens with zero attached hydrogens (tertiary/aromatic N) is 2. The molecule has 1 aromatic rings. The Morgan fingerprint density at radius 2 is 2.22 bits per heavy atom. The SMILES string of the molecule is COC1(C(=O)N=c2sccn2C)CCNCC1.Cl. The predicted octanol–water partition coefficient (Wildman–Crippen LogP) is 0.704. The van der Waals surface area contributed by atoms with Crippen molar-refractivity contribution >= 4 is 29.7 Å². The lowest BCUT2D eigenvalue weighted by atomic mass is 9.91. The molecule has 1 saturated heterocycles. The highest BCUT2D eigenvalue weighted by molar-refractivity contribution is 7.07. The van der Waals surface area contributed by atoms with Crippen molar-refractivity contribution in [2.24, 2.45) is 12.0 Å². The highest BCUT2D eigenvalue weighted by Crippen LogP contribution is 2.23. The lowest BCUT2D eigenvalue weighted by molar-refractivity contribution is -0.143. The van der Waals surface area contributed by atoms with Crippen LogP contribution in [0.15, 0.2) is 16.6 Å². The molecule has 0 radical (unpaired) electrons. The highest BCUT2D eigenvalue weighted by atomic mass is 35.5. The molecule has 2 rings (SSSR count). The zero-order valence-electron chi connectivity index (χ0n) is 10.5. The van der Waals surface area contributed by atoms with Crippen molar-refractivity contribution in [3.8, 4) is 0 Å². The van der Waals surface area contributed by atoms with Crippen LogP contribution in [0.1, 0.15) is 12.8 Å². The van der Waals surface area contributed by atoms with E-state index >= 15 is 0 Å². The number of methoxy groups -OCH3 is 1. The van der Waals surface area contributed by atoms with Gasteiger partial charge in [-0.05, 0) is 25.9 Å². The summed E-state index contributed by atoms with van der Waals surface area (Å²) in [6, 6.07) is 0. The molecule has 1 aliphatic rings. The molecule has 0 aliphatic carbocycles. The quantitative estimate of drug-likeness (QED) is 0.873. The number of ether oxygens (including phenoxy) is 1. The number of amides is 1. The molecule has 1 aliphatic heterocycles. The zero-order chi connectivity index (χ0) is 12.3. The Morgan fingerprint density at radius 1 is 1.56 bits per heavy atom. The molecular formula is C11H18ClN3O2S. The molecule has 1 aromatic heterocycles. The molecule has 102 valence electrons. The fraction of sp³-hybridized carbons (Fsp3) is 0.636. The average Bonchev–Trinajstić information content (AvgIpc) is 2.76. The maximum Gasteiger partial charge on any atom is 0.280 e. The minimum atomic E-state index is -0.734. The van der Waals surface area contributed by atoms with Gasteiger partial charge in [0.25, 0.3) is 5.91 Å². The molecule has 2 heterocycles. The van der Waals surface area contributed by atoms with E-state index in [1.54, 1.807) is 7.11 Å². The summed E-state index contributed by atoms with van der Waals surface area (Å²) in [5, 5.41) is 5.13. The van der Waals surface area contributed by atoms with Crippen LogP contribution in [0.25, 0.3) is 0 Å². The molecular weight excluding hydrogens is 274 g/mol. The second-order valence-corrected chi connectivity index (χ2v) is 5.03. The number of aryl methyl sites for hydroxylation is 1. The summed E-state index contributed by atoms with van der Waals surface area (Å²) in [5.74, 6) is -0.167. The van der Waals surface area contributed by atoms with Crippen molar-refractivity contribution in [2.75, 3.05) is 20.2 Å². The van der Waals surface area contributed by atoms with Gasteiger partial charge < -0.3 is 14.6 Å². The minimum absolute atomic E-state index is 0. The first-order valence-corrected chi connectivity index (χ1v) is 6.51. The van der Waals surface area contributed by atoms with E-state index in [1.165, 1.54) is 11.3 Å². The lowest BCUT2D eigenvalue weighted by Crippen LogP contribution is -2.49. The van der Waals surface area contributed by atoms with Crippen LogP contribution in [0.3, 0.4) is 0 Å². The van der Waals surface area contributed by atoms with E-state index in [4.69, 9.17) is 4.74 Å². The highest BCUT2D eigenvalue weighted by Gasteiger charge is 2.39. The normalized spacial score (nSPS) is 19.3. The van der Waals surface area contributed by atoms with Crippen LogP contribution in [0.4, 0.5) is 0 Å². The summed E-state index contributed by atoms with van der Waals surface area (Å²) in [5.41, 5.74) is -0.734. The van der Waals surface area contributed by atoms with Gasteiger partial charge in [-0.2, -0.15) is 4.99 Å². The number of hydrogen-bond donors (Lipinski definition) is 1. The Morgan fingerprint density at radius 3 is 2.72 bits per heavy atom. The number of halogens is 1. The number of thiazole rings is 1. The van der Waals surface area contributed by atoms with E-state index in [0.29, 0.717) is 17.6 Å². The molecule has 1 amide bonds. The van der Waals surface area contributed by atoms with E-state index in [9.17, 15) is 4.79 Å². The molecule has 0 saturated carbocycles. The van der Waals surface area contributed by atoms with E-state index in [0.717, 1.165) is 13.1 Å². The number of piperidine rings is 1. The van der Waals surface area contributed by atoms with Gasteiger partial charge in [-0.3, -0.25) is 4.79 Å². The molecule has 0 bridgehead atoms. The molecule has 1 N–H and O–H groups in total. The zero-order valence-corrected chi connectivity index (χ0v) is 12.1. The second kappa shape index (κ2) is 6.47. The Balaban J connectivity index is 0.00000162. The van der Waals surface area contributed by atoms with Crippen LogP contribution in [-0.4, -0.2) is 36.3 Å². The van der Waals surface area contributed by atoms with Crippen molar-refractivity contribution in [1.29, 1.82) is 0 Å². The number of rotatable bonds is 2. The molecule has 7 heteroatoms. The minimum Gasteiger partial charge on any atom is -0.368 e. The first kappa shape index (κ1) is 15.4. The molecule has 0 aromatic carbocycles. The van der Waals surface area contributed by atoms with Gasteiger partial charge in [0, 0.05) is 25.7 Å². The number of aromatic nitrogens is 1. The van der Waals surface area contributed by atoms with E-state index in [2.05, 4.69) is 10.3 Å². The number of carbonyl (C=O) groups excluding carboxylic acids is 1. The van der Waals surface area contributed by atoms with E-state index in [-0.39, 0.29) is 18.3 Å². The summed E-state index contributed by atoms with van der Waals surface area (Å²) in [4.78, 5) is 17.1. The maximum atomic E-state index is 12.2. The van der Waals surface area contributed by atoms with E-state index < -0.39 is 5.60 Å². The fourth-order valence-corrected chi connectivity index (χ4v) is 2.69. The Bertz CT molecular complexity index is 463. The first-order chi connectivity index (χ1) is 8.18.